The molecule has 0 radical (unpaired) electrons. The topological polar surface area (TPSA) is 38.1 Å². The van der Waals surface area contributed by atoms with E-state index in [-0.39, 0.29) is 0 Å². The largest absolute Gasteiger partial charge is 0.469 e. The first-order valence-electron chi connectivity index (χ1n) is 6.53. The maximum Gasteiger partial charge on any atom is 0.108 e. The summed E-state index contributed by atoms with van der Waals surface area (Å²) in [6.07, 6.45) is 6.35. The molecule has 0 fully saturated rings. The molecule has 0 bridgehead atoms. The van der Waals surface area contributed by atoms with Gasteiger partial charge >= 0.3 is 0 Å². The molecule has 0 saturated carbocycles. The van der Waals surface area contributed by atoms with E-state index in [1.807, 2.05) is 13.2 Å². The molecule has 0 aliphatic heterocycles. The maximum atomic E-state index is 5.50. The van der Waals surface area contributed by atoms with Gasteiger partial charge in [0, 0.05) is 42.1 Å². The van der Waals surface area contributed by atoms with Gasteiger partial charge in [0.1, 0.15) is 5.76 Å². The van der Waals surface area contributed by atoms with Crippen LogP contribution in [-0.2, 0) is 12.8 Å². The summed E-state index contributed by atoms with van der Waals surface area (Å²) in [5.74, 6) is 1.17. The quantitative estimate of drug-likeness (QED) is 0.919. The Kier molecular flexibility index (Phi) is 3.48. The lowest BCUT2D eigenvalue weighted by Crippen LogP contribution is -2.26. The Morgan fingerprint density at radius 3 is 3.33 bits per heavy atom. The molecule has 0 amide bonds. The number of fused-ring (bicyclic) bond motifs is 1. The summed E-state index contributed by atoms with van der Waals surface area (Å²) < 4.78 is 5.50. The lowest BCUT2D eigenvalue weighted by molar-refractivity contribution is 0.413. The third-order valence-electron chi connectivity index (χ3n) is 3.45. The van der Waals surface area contributed by atoms with Crippen molar-refractivity contribution >= 4 is 11.3 Å². The molecule has 0 saturated heterocycles. The summed E-state index contributed by atoms with van der Waals surface area (Å²) in [4.78, 5) is 4.49. The van der Waals surface area contributed by atoms with E-state index in [2.05, 4.69) is 21.7 Å². The van der Waals surface area contributed by atoms with Crippen molar-refractivity contribution in [3.05, 3.63) is 39.7 Å². The van der Waals surface area contributed by atoms with Gasteiger partial charge < -0.3 is 9.73 Å². The van der Waals surface area contributed by atoms with Gasteiger partial charge in [-0.1, -0.05) is 0 Å². The molecule has 3 rings (SSSR count). The van der Waals surface area contributed by atoms with Gasteiger partial charge in [-0.15, -0.1) is 11.3 Å². The third kappa shape index (κ3) is 2.49. The Morgan fingerprint density at radius 2 is 2.50 bits per heavy atom. The van der Waals surface area contributed by atoms with Crippen molar-refractivity contribution in [3.63, 3.8) is 0 Å². The molecule has 1 atom stereocenters. The van der Waals surface area contributed by atoms with Crippen molar-refractivity contribution in [1.29, 1.82) is 0 Å². The van der Waals surface area contributed by atoms with Gasteiger partial charge in [-0.3, -0.25) is 0 Å². The van der Waals surface area contributed by atoms with E-state index in [0.717, 1.165) is 25.1 Å². The number of rotatable bonds is 4. The average molecular weight is 262 g/mol. The Balaban J connectivity index is 1.55. The first kappa shape index (κ1) is 11.9. The predicted molar refractivity (Wildman–Crippen MR) is 72.9 cm³/mol. The number of furan rings is 1. The Hall–Kier alpha value is -1.13. The third-order valence-corrected chi connectivity index (χ3v) is 4.47. The van der Waals surface area contributed by atoms with E-state index >= 15 is 0 Å². The molecule has 0 spiro atoms. The second-order valence-electron chi connectivity index (χ2n) is 4.83. The van der Waals surface area contributed by atoms with Gasteiger partial charge in [0.25, 0.3) is 0 Å². The summed E-state index contributed by atoms with van der Waals surface area (Å²) in [7, 11) is 0. The van der Waals surface area contributed by atoms with Crippen LogP contribution in [-0.4, -0.2) is 11.5 Å². The molecule has 3 nitrogen and oxygen atoms in total. The van der Waals surface area contributed by atoms with Crippen LogP contribution in [0.4, 0.5) is 0 Å². The zero-order valence-electron chi connectivity index (χ0n) is 10.6. The number of hydrogen-bond donors (Lipinski definition) is 1. The fourth-order valence-corrected chi connectivity index (χ4v) is 3.35. The second kappa shape index (κ2) is 5.24. The Labute approximate surface area is 111 Å². The molecule has 96 valence electrons. The number of aryl methyl sites for hydroxylation is 2. The van der Waals surface area contributed by atoms with Crippen LogP contribution in [0.15, 0.2) is 22.1 Å². The standard InChI is InChI=1S/C14H18N2OS/c1-10-9-18-14(16-10)5-7-15-12-3-2-4-13-11(12)6-8-17-13/h6,8-9,12,15H,2-5,7H2,1H3. The Morgan fingerprint density at radius 1 is 1.56 bits per heavy atom. The second-order valence-corrected chi connectivity index (χ2v) is 5.77. The molecule has 1 aliphatic rings. The van der Waals surface area contributed by atoms with Gasteiger partial charge in [-0.25, -0.2) is 4.98 Å². The number of aromatic nitrogens is 1. The van der Waals surface area contributed by atoms with E-state index < -0.39 is 0 Å². The zero-order valence-corrected chi connectivity index (χ0v) is 11.4. The van der Waals surface area contributed by atoms with E-state index in [1.54, 1.807) is 11.3 Å². The van der Waals surface area contributed by atoms with Crippen molar-refractivity contribution < 1.29 is 4.42 Å². The van der Waals surface area contributed by atoms with Crippen LogP contribution in [0, 0.1) is 6.92 Å². The van der Waals surface area contributed by atoms with Gasteiger partial charge in [-0.2, -0.15) is 0 Å². The van der Waals surface area contributed by atoms with Crippen molar-refractivity contribution in [1.82, 2.24) is 10.3 Å². The first-order valence-corrected chi connectivity index (χ1v) is 7.41. The number of hydrogen-bond acceptors (Lipinski definition) is 4. The molecule has 1 N–H and O–H groups in total. The highest BCUT2D eigenvalue weighted by Gasteiger charge is 2.21. The number of thiazole rings is 1. The summed E-state index contributed by atoms with van der Waals surface area (Å²) in [5, 5.41) is 6.97. The molecule has 0 aromatic carbocycles. The molecule has 18 heavy (non-hydrogen) atoms. The summed E-state index contributed by atoms with van der Waals surface area (Å²) >= 11 is 1.75. The Bertz CT molecular complexity index is 517. The van der Waals surface area contributed by atoms with Crippen molar-refractivity contribution in [3.8, 4) is 0 Å². The smallest absolute Gasteiger partial charge is 0.108 e. The SMILES string of the molecule is Cc1csc(CCNC2CCCc3occc32)n1. The minimum Gasteiger partial charge on any atom is -0.469 e. The van der Waals surface area contributed by atoms with Crippen molar-refractivity contribution in [2.75, 3.05) is 6.54 Å². The number of nitrogens with one attached hydrogen (secondary N) is 1. The lowest BCUT2D eigenvalue weighted by Gasteiger charge is -2.22. The molecular formula is C14H18N2OS. The molecule has 1 aliphatic carbocycles. The van der Waals surface area contributed by atoms with E-state index in [4.69, 9.17) is 4.42 Å². The van der Waals surface area contributed by atoms with Crippen LogP contribution in [0.5, 0.6) is 0 Å². The molecule has 4 heteroatoms. The van der Waals surface area contributed by atoms with Crippen molar-refractivity contribution in [2.45, 2.75) is 38.6 Å². The van der Waals surface area contributed by atoms with E-state index in [0.29, 0.717) is 6.04 Å². The average Bonchev–Trinajstić information content (AvgIpc) is 2.98. The van der Waals surface area contributed by atoms with Crippen LogP contribution in [0.1, 0.15) is 40.9 Å². The minimum absolute atomic E-state index is 0.466. The van der Waals surface area contributed by atoms with E-state index in [1.165, 1.54) is 29.2 Å². The highest BCUT2D eigenvalue weighted by atomic mass is 32.1. The lowest BCUT2D eigenvalue weighted by atomic mass is 9.93. The van der Waals surface area contributed by atoms with E-state index in [9.17, 15) is 0 Å². The first-order chi connectivity index (χ1) is 8.83. The van der Waals surface area contributed by atoms with Crippen LogP contribution in [0.2, 0.25) is 0 Å². The highest BCUT2D eigenvalue weighted by Crippen LogP contribution is 2.30. The van der Waals surface area contributed by atoms with Gasteiger partial charge in [-0.05, 0) is 25.8 Å². The highest BCUT2D eigenvalue weighted by molar-refractivity contribution is 7.09. The van der Waals surface area contributed by atoms with Crippen LogP contribution in [0.25, 0.3) is 0 Å². The van der Waals surface area contributed by atoms with Crippen LogP contribution in [0.3, 0.4) is 0 Å². The fraction of sp³-hybridized carbons (Fsp3) is 0.500. The molecule has 1 unspecified atom stereocenters. The van der Waals surface area contributed by atoms with Crippen LogP contribution < -0.4 is 5.32 Å². The van der Waals surface area contributed by atoms with Gasteiger partial charge in [0.2, 0.25) is 0 Å². The molecule has 2 aromatic heterocycles. The summed E-state index contributed by atoms with van der Waals surface area (Å²) in [6.45, 7) is 3.04. The molecule has 2 heterocycles. The predicted octanol–water partition coefficient (Wildman–Crippen LogP) is 3.25. The van der Waals surface area contributed by atoms with Crippen molar-refractivity contribution in [2.24, 2.45) is 0 Å². The van der Waals surface area contributed by atoms with Crippen LogP contribution >= 0.6 is 11.3 Å². The molecular weight excluding hydrogens is 244 g/mol. The summed E-state index contributed by atoms with van der Waals surface area (Å²) in [6, 6.07) is 2.58. The fourth-order valence-electron chi connectivity index (χ4n) is 2.57. The minimum atomic E-state index is 0.466. The zero-order chi connectivity index (χ0) is 12.4. The number of nitrogens with zero attached hydrogens (tertiary/aromatic N) is 1. The monoisotopic (exact) mass is 262 g/mol. The maximum absolute atomic E-state index is 5.50. The van der Waals surface area contributed by atoms with Gasteiger partial charge in [0.15, 0.2) is 0 Å². The molecule has 2 aromatic rings. The van der Waals surface area contributed by atoms with Gasteiger partial charge in [0.05, 0.1) is 11.3 Å². The summed E-state index contributed by atoms with van der Waals surface area (Å²) in [5.41, 5.74) is 2.49. The normalized spacial score (nSPS) is 18.8.